The molecular formula is C28H34ClNO2S. The van der Waals surface area contributed by atoms with Crippen molar-refractivity contribution in [2.24, 2.45) is 0 Å². The van der Waals surface area contributed by atoms with Crippen LogP contribution in [0.15, 0.2) is 71.6 Å². The maximum Gasteiger partial charge on any atom is 0.242 e. The Morgan fingerprint density at radius 3 is 1.61 bits per heavy atom. The zero-order valence-corrected chi connectivity index (χ0v) is 21.8. The summed E-state index contributed by atoms with van der Waals surface area (Å²) in [5.74, 6) is 0.452. The molecule has 33 heavy (non-hydrogen) atoms. The first-order valence-electron chi connectivity index (χ1n) is 11.5. The molecule has 5 heteroatoms. The Morgan fingerprint density at radius 2 is 1.15 bits per heavy atom. The third-order valence-corrected chi connectivity index (χ3v) is 7.76. The summed E-state index contributed by atoms with van der Waals surface area (Å²) >= 11 is 6.10. The average Bonchev–Trinajstić information content (AvgIpc) is 2.77. The van der Waals surface area contributed by atoms with Gasteiger partial charge in [0.1, 0.15) is 0 Å². The molecule has 0 unspecified atom stereocenters. The van der Waals surface area contributed by atoms with Gasteiger partial charge in [0.15, 0.2) is 0 Å². The summed E-state index contributed by atoms with van der Waals surface area (Å²) in [6.45, 7) is 12.5. The van der Waals surface area contributed by atoms with Gasteiger partial charge in [0.25, 0.3) is 0 Å². The second-order valence-corrected chi connectivity index (χ2v) is 11.6. The van der Waals surface area contributed by atoms with Crippen LogP contribution in [0.1, 0.15) is 93.2 Å². The quantitative estimate of drug-likeness (QED) is 0.355. The molecule has 0 aromatic heterocycles. The molecule has 176 valence electrons. The van der Waals surface area contributed by atoms with Crippen LogP contribution in [0.5, 0.6) is 0 Å². The van der Waals surface area contributed by atoms with Crippen molar-refractivity contribution in [3.8, 4) is 0 Å². The van der Waals surface area contributed by atoms with E-state index in [1.807, 2.05) is 42.5 Å². The molecule has 1 atom stereocenters. The Hall–Kier alpha value is -2.14. The molecule has 1 N–H and O–H groups in total. The van der Waals surface area contributed by atoms with Gasteiger partial charge in [-0.3, -0.25) is 0 Å². The van der Waals surface area contributed by atoms with E-state index in [0.717, 1.165) is 22.3 Å². The molecule has 3 nitrogen and oxygen atoms in total. The van der Waals surface area contributed by atoms with Crippen molar-refractivity contribution < 1.29 is 8.42 Å². The lowest BCUT2D eigenvalue weighted by Crippen LogP contribution is -2.31. The molecule has 3 aromatic carbocycles. The maximum atomic E-state index is 14.1. The lowest BCUT2D eigenvalue weighted by atomic mass is 9.89. The van der Waals surface area contributed by atoms with Gasteiger partial charge in [-0.25, -0.2) is 8.42 Å². The number of benzene rings is 3. The monoisotopic (exact) mass is 483 g/mol. The molecule has 0 fully saturated rings. The standard InChI is InChI=1S/C28H34ClNO2S/c1-18(2)23-16-25(19(3)4)28(26(17-23)20(5)6)33(31,32)30-27(21-10-8-7-9-11-21)22-12-14-24(29)15-13-22/h7-20,27,30H,1-6H3/t27-/m1/s1. The van der Waals surface area contributed by atoms with Gasteiger partial charge in [-0.1, -0.05) is 108 Å². The summed E-state index contributed by atoms with van der Waals surface area (Å²) in [6.07, 6.45) is 0. The van der Waals surface area contributed by atoms with Crippen LogP contribution in [-0.2, 0) is 10.0 Å². The van der Waals surface area contributed by atoms with Crippen LogP contribution in [0.25, 0.3) is 0 Å². The number of sulfonamides is 1. The minimum atomic E-state index is -3.84. The molecule has 0 aliphatic rings. The lowest BCUT2D eigenvalue weighted by molar-refractivity contribution is 0.567. The van der Waals surface area contributed by atoms with E-state index < -0.39 is 16.1 Å². The summed E-state index contributed by atoms with van der Waals surface area (Å²) < 4.78 is 31.1. The van der Waals surface area contributed by atoms with Crippen molar-refractivity contribution in [2.75, 3.05) is 0 Å². The van der Waals surface area contributed by atoms with Crippen LogP contribution in [0.2, 0.25) is 5.02 Å². The number of rotatable bonds is 8. The van der Waals surface area contributed by atoms with Crippen LogP contribution in [0, 0.1) is 0 Å². The highest BCUT2D eigenvalue weighted by Gasteiger charge is 2.30. The van der Waals surface area contributed by atoms with Crippen molar-refractivity contribution in [1.29, 1.82) is 0 Å². The molecule has 3 rings (SSSR count). The number of halogens is 1. The van der Waals surface area contributed by atoms with Crippen molar-refractivity contribution >= 4 is 21.6 Å². The number of nitrogens with one attached hydrogen (secondary N) is 1. The second kappa shape index (κ2) is 10.4. The van der Waals surface area contributed by atoms with E-state index in [1.54, 1.807) is 12.1 Å². The van der Waals surface area contributed by atoms with Gasteiger partial charge in [-0.05, 0) is 57.7 Å². The zero-order valence-electron chi connectivity index (χ0n) is 20.3. The van der Waals surface area contributed by atoms with Crippen molar-refractivity contribution in [3.05, 3.63) is 99.6 Å². The van der Waals surface area contributed by atoms with Crippen LogP contribution in [-0.4, -0.2) is 8.42 Å². The molecule has 0 bridgehead atoms. The maximum absolute atomic E-state index is 14.1. The Kier molecular flexibility index (Phi) is 8.04. The summed E-state index contributed by atoms with van der Waals surface area (Å²) in [6, 6.07) is 20.6. The summed E-state index contributed by atoms with van der Waals surface area (Å²) in [4.78, 5) is 0.409. The van der Waals surface area contributed by atoms with Crippen LogP contribution in [0.4, 0.5) is 0 Å². The highest BCUT2D eigenvalue weighted by molar-refractivity contribution is 7.89. The Morgan fingerprint density at radius 1 is 0.667 bits per heavy atom. The van der Waals surface area contributed by atoms with Gasteiger partial charge >= 0.3 is 0 Å². The Labute approximate surface area is 204 Å². The van der Waals surface area contributed by atoms with Crippen molar-refractivity contribution in [1.82, 2.24) is 4.72 Å². The Bertz CT molecular complexity index is 1160. The third kappa shape index (κ3) is 5.87. The molecule has 0 radical (unpaired) electrons. The molecule has 0 aliphatic heterocycles. The van der Waals surface area contributed by atoms with Crippen LogP contribution < -0.4 is 4.72 Å². The predicted molar refractivity (Wildman–Crippen MR) is 139 cm³/mol. The fourth-order valence-electron chi connectivity index (χ4n) is 4.04. The average molecular weight is 484 g/mol. The Balaban J connectivity index is 2.20. The highest BCUT2D eigenvalue weighted by atomic mass is 35.5. The predicted octanol–water partition coefficient (Wildman–Crippen LogP) is 7.78. The molecule has 0 saturated heterocycles. The molecule has 0 aliphatic carbocycles. The van der Waals surface area contributed by atoms with Crippen LogP contribution >= 0.6 is 11.6 Å². The van der Waals surface area contributed by atoms with Gasteiger partial charge in [0.05, 0.1) is 10.9 Å². The van der Waals surface area contributed by atoms with E-state index in [0.29, 0.717) is 15.8 Å². The fraction of sp³-hybridized carbons (Fsp3) is 0.357. The van der Waals surface area contributed by atoms with Crippen LogP contribution in [0.3, 0.4) is 0 Å². The van der Waals surface area contributed by atoms with E-state index in [4.69, 9.17) is 11.6 Å². The molecule has 3 aromatic rings. The number of hydrogen-bond acceptors (Lipinski definition) is 2. The smallest absolute Gasteiger partial charge is 0.207 e. The van der Waals surface area contributed by atoms with E-state index in [2.05, 4.69) is 58.4 Å². The second-order valence-electron chi connectivity index (χ2n) is 9.51. The van der Waals surface area contributed by atoms with Gasteiger partial charge in [-0.2, -0.15) is 4.72 Å². The topological polar surface area (TPSA) is 46.2 Å². The molecule has 0 amide bonds. The van der Waals surface area contributed by atoms with Crippen molar-refractivity contribution in [2.45, 2.75) is 70.2 Å². The van der Waals surface area contributed by atoms with Gasteiger partial charge in [-0.15, -0.1) is 0 Å². The third-order valence-electron chi connectivity index (χ3n) is 5.96. The molecule has 0 spiro atoms. The fourth-order valence-corrected chi connectivity index (χ4v) is 6.08. The van der Waals surface area contributed by atoms with Gasteiger partial charge in [0, 0.05) is 5.02 Å². The first kappa shape index (κ1) is 25.5. The molecular weight excluding hydrogens is 450 g/mol. The molecule has 0 saturated carbocycles. The molecule has 0 heterocycles. The van der Waals surface area contributed by atoms with Gasteiger partial charge in [0.2, 0.25) is 10.0 Å². The van der Waals surface area contributed by atoms with E-state index >= 15 is 0 Å². The first-order valence-corrected chi connectivity index (χ1v) is 13.4. The SMILES string of the molecule is CC(C)c1cc(C(C)C)c(S(=O)(=O)N[C@H](c2ccccc2)c2ccc(Cl)cc2)c(C(C)C)c1. The van der Waals surface area contributed by atoms with E-state index in [9.17, 15) is 8.42 Å². The van der Waals surface area contributed by atoms with Gasteiger partial charge < -0.3 is 0 Å². The minimum absolute atomic E-state index is 0.0680. The van der Waals surface area contributed by atoms with Crippen molar-refractivity contribution in [3.63, 3.8) is 0 Å². The summed E-state index contributed by atoms with van der Waals surface area (Å²) in [7, 11) is -3.84. The normalized spacial score (nSPS) is 13.2. The zero-order chi connectivity index (χ0) is 24.3. The largest absolute Gasteiger partial charge is 0.242 e. The summed E-state index contributed by atoms with van der Waals surface area (Å²) in [5, 5.41) is 0.613. The number of hydrogen-bond donors (Lipinski definition) is 1. The summed E-state index contributed by atoms with van der Waals surface area (Å²) in [5.41, 5.74) is 4.60. The first-order chi connectivity index (χ1) is 15.5. The van der Waals surface area contributed by atoms with E-state index in [-0.39, 0.29) is 11.8 Å². The minimum Gasteiger partial charge on any atom is -0.207 e. The highest BCUT2D eigenvalue weighted by Crippen LogP contribution is 2.36. The van der Waals surface area contributed by atoms with E-state index in [1.165, 1.54) is 5.56 Å². The lowest BCUT2D eigenvalue weighted by Gasteiger charge is -2.26.